The Morgan fingerprint density at radius 2 is 2.08 bits per heavy atom. The van der Waals surface area contributed by atoms with E-state index in [0.717, 1.165) is 6.42 Å². The summed E-state index contributed by atoms with van der Waals surface area (Å²) in [4.78, 5) is 0. The van der Waals surface area contributed by atoms with Crippen molar-refractivity contribution in [3.05, 3.63) is 42.2 Å². The molecule has 2 nitrogen and oxygen atoms in total. The van der Waals surface area contributed by atoms with E-state index in [1.807, 2.05) is 6.07 Å². The van der Waals surface area contributed by atoms with Crippen molar-refractivity contribution in [1.29, 1.82) is 0 Å². The van der Waals surface area contributed by atoms with Gasteiger partial charge in [-0.2, -0.15) is 0 Å². The topological polar surface area (TPSA) is 30.4 Å². The monoisotopic (exact) mass is 160 g/mol. The maximum Gasteiger partial charge on any atom is 0.0482 e. The van der Waals surface area contributed by atoms with Crippen LogP contribution >= 0.6 is 0 Å². The molecule has 2 N–H and O–H groups in total. The smallest absolute Gasteiger partial charge is 0.0482 e. The summed E-state index contributed by atoms with van der Waals surface area (Å²) >= 11 is 0. The van der Waals surface area contributed by atoms with Gasteiger partial charge in [-0.05, 0) is 36.7 Å². The number of hydrogen-bond acceptors (Lipinski definition) is 1. The van der Waals surface area contributed by atoms with Crippen LogP contribution in [0.25, 0.3) is 5.52 Å². The highest BCUT2D eigenvalue weighted by atomic mass is 14.8. The third kappa shape index (κ3) is 1.10. The molecule has 0 fully saturated rings. The third-order valence-corrected chi connectivity index (χ3v) is 2.07. The minimum atomic E-state index is 0.717. The van der Waals surface area contributed by atoms with E-state index >= 15 is 0 Å². The third-order valence-electron chi connectivity index (χ3n) is 2.07. The summed E-state index contributed by atoms with van der Waals surface area (Å²) in [7, 11) is 0. The second kappa shape index (κ2) is 2.99. The molecule has 0 aromatic carbocycles. The van der Waals surface area contributed by atoms with Gasteiger partial charge in [0.05, 0.1) is 0 Å². The molecular formula is C10H12N2. The molecule has 0 spiro atoms. The van der Waals surface area contributed by atoms with Crippen molar-refractivity contribution in [1.82, 2.24) is 4.40 Å². The van der Waals surface area contributed by atoms with Crippen molar-refractivity contribution in [2.45, 2.75) is 6.42 Å². The Morgan fingerprint density at radius 1 is 1.17 bits per heavy atom. The van der Waals surface area contributed by atoms with Crippen LogP contribution < -0.4 is 5.73 Å². The zero-order chi connectivity index (χ0) is 8.39. The molecule has 2 heteroatoms. The Morgan fingerprint density at radius 3 is 2.92 bits per heavy atom. The summed E-state index contributed by atoms with van der Waals surface area (Å²) in [5.74, 6) is 0. The van der Waals surface area contributed by atoms with E-state index in [1.165, 1.54) is 11.1 Å². The normalized spacial score (nSPS) is 10.8. The van der Waals surface area contributed by atoms with Crippen LogP contribution in [-0.2, 0) is 6.42 Å². The lowest BCUT2D eigenvalue weighted by Crippen LogP contribution is -2.02. The highest BCUT2D eigenvalue weighted by molar-refractivity contribution is 5.55. The van der Waals surface area contributed by atoms with Crippen LogP contribution in [0, 0.1) is 0 Å². The number of hydrogen-bond donors (Lipinski definition) is 1. The lowest BCUT2D eigenvalue weighted by Gasteiger charge is -1.96. The van der Waals surface area contributed by atoms with E-state index < -0.39 is 0 Å². The molecule has 0 amide bonds. The molecule has 2 aromatic heterocycles. The van der Waals surface area contributed by atoms with Gasteiger partial charge in [-0.25, -0.2) is 0 Å². The molecule has 0 aliphatic heterocycles. The van der Waals surface area contributed by atoms with E-state index in [9.17, 15) is 0 Å². The van der Waals surface area contributed by atoms with E-state index in [2.05, 4.69) is 35.0 Å². The van der Waals surface area contributed by atoms with Gasteiger partial charge in [-0.15, -0.1) is 0 Å². The largest absolute Gasteiger partial charge is 0.330 e. The minimum absolute atomic E-state index is 0.717. The molecule has 12 heavy (non-hydrogen) atoms. The predicted molar refractivity (Wildman–Crippen MR) is 50.2 cm³/mol. The molecule has 0 aliphatic rings. The van der Waals surface area contributed by atoms with Crippen molar-refractivity contribution in [3.63, 3.8) is 0 Å². The molecule has 0 bridgehead atoms. The summed E-state index contributed by atoms with van der Waals surface area (Å²) in [5.41, 5.74) is 8.10. The Labute approximate surface area is 71.6 Å². The van der Waals surface area contributed by atoms with Gasteiger partial charge in [0.15, 0.2) is 0 Å². The van der Waals surface area contributed by atoms with Gasteiger partial charge in [0.1, 0.15) is 0 Å². The van der Waals surface area contributed by atoms with E-state index in [-0.39, 0.29) is 0 Å². The fraction of sp³-hybridized carbons (Fsp3) is 0.200. The lowest BCUT2D eigenvalue weighted by molar-refractivity contribution is 0.977. The van der Waals surface area contributed by atoms with Crippen LogP contribution in [0.5, 0.6) is 0 Å². The van der Waals surface area contributed by atoms with Crippen molar-refractivity contribution < 1.29 is 0 Å². The maximum atomic E-state index is 5.50. The first kappa shape index (κ1) is 7.37. The maximum absolute atomic E-state index is 5.50. The number of pyridine rings is 1. The first-order chi connectivity index (χ1) is 5.92. The number of nitrogens with zero attached hydrogens (tertiary/aromatic N) is 1. The zero-order valence-electron chi connectivity index (χ0n) is 6.90. The first-order valence-corrected chi connectivity index (χ1v) is 4.16. The van der Waals surface area contributed by atoms with Gasteiger partial charge in [0, 0.05) is 17.9 Å². The molecule has 0 saturated heterocycles. The molecule has 2 rings (SSSR count). The second-order valence-electron chi connectivity index (χ2n) is 2.87. The summed E-state index contributed by atoms with van der Waals surface area (Å²) in [5, 5.41) is 0. The minimum Gasteiger partial charge on any atom is -0.330 e. The van der Waals surface area contributed by atoms with Crippen LogP contribution in [0.2, 0.25) is 0 Å². The molecule has 0 atom stereocenters. The molecule has 0 radical (unpaired) electrons. The van der Waals surface area contributed by atoms with E-state index in [1.54, 1.807) is 0 Å². The number of rotatable bonds is 2. The van der Waals surface area contributed by atoms with Gasteiger partial charge in [-0.1, -0.05) is 6.07 Å². The fourth-order valence-corrected chi connectivity index (χ4v) is 1.48. The first-order valence-electron chi connectivity index (χ1n) is 4.16. The summed E-state index contributed by atoms with van der Waals surface area (Å²) in [6, 6.07) is 8.32. The lowest BCUT2D eigenvalue weighted by atomic mass is 10.2. The predicted octanol–water partition coefficient (Wildman–Crippen LogP) is 1.44. The van der Waals surface area contributed by atoms with Crippen LogP contribution in [-0.4, -0.2) is 10.9 Å². The second-order valence-corrected chi connectivity index (χ2v) is 2.87. The number of fused-ring (bicyclic) bond motifs is 1. The molecule has 0 aliphatic carbocycles. The number of aromatic nitrogens is 1. The quantitative estimate of drug-likeness (QED) is 0.708. The molecule has 2 aromatic rings. The Bertz CT molecular complexity index is 376. The van der Waals surface area contributed by atoms with Crippen molar-refractivity contribution in [2.24, 2.45) is 5.73 Å². The molecule has 0 unspecified atom stereocenters. The molecular weight excluding hydrogens is 148 g/mol. The fourth-order valence-electron chi connectivity index (χ4n) is 1.48. The van der Waals surface area contributed by atoms with Crippen molar-refractivity contribution in [2.75, 3.05) is 6.54 Å². The van der Waals surface area contributed by atoms with E-state index in [0.29, 0.717) is 6.54 Å². The van der Waals surface area contributed by atoms with E-state index in [4.69, 9.17) is 5.73 Å². The highest BCUT2D eigenvalue weighted by Crippen LogP contribution is 2.11. The SMILES string of the molecule is NCCc1ccn2ccccc12. The Balaban J connectivity index is 2.55. The van der Waals surface area contributed by atoms with Crippen molar-refractivity contribution >= 4 is 5.52 Å². The van der Waals surface area contributed by atoms with Gasteiger partial charge in [0.25, 0.3) is 0 Å². The number of nitrogens with two attached hydrogens (primary N) is 1. The van der Waals surface area contributed by atoms with Gasteiger partial charge < -0.3 is 10.1 Å². The van der Waals surface area contributed by atoms with Gasteiger partial charge >= 0.3 is 0 Å². The summed E-state index contributed by atoms with van der Waals surface area (Å²) in [6.45, 7) is 0.717. The van der Waals surface area contributed by atoms with Gasteiger partial charge in [-0.3, -0.25) is 0 Å². The van der Waals surface area contributed by atoms with Crippen LogP contribution in [0.3, 0.4) is 0 Å². The highest BCUT2D eigenvalue weighted by Gasteiger charge is 1.98. The average molecular weight is 160 g/mol. The average Bonchev–Trinajstić information content (AvgIpc) is 2.50. The van der Waals surface area contributed by atoms with Crippen LogP contribution in [0.4, 0.5) is 0 Å². The standard InChI is InChI=1S/C10H12N2/c11-6-4-9-5-8-12-7-2-1-3-10(9)12/h1-3,5,7-8H,4,6,11H2. The van der Waals surface area contributed by atoms with Crippen LogP contribution in [0.15, 0.2) is 36.7 Å². The zero-order valence-corrected chi connectivity index (χ0v) is 6.90. The molecule has 62 valence electrons. The summed E-state index contributed by atoms with van der Waals surface area (Å²) in [6.07, 6.45) is 5.08. The van der Waals surface area contributed by atoms with Gasteiger partial charge in [0.2, 0.25) is 0 Å². The van der Waals surface area contributed by atoms with Crippen LogP contribution in [0.1, 0.15) is 5.56 Å². The van der Waals surface area contributed by atoms with Crippen molar-refractivity contribution in [3.8, 4) is 0 Å². The Kier molecular flexibility index (Phi) is 1.84. The molecule has 0 saturated carbocycles. The summed E-state index contributed by atoms with van der Waals surface area (Å²) < 4.78 is 2.12. The molecule has 2 heterocycles. The Hall–Kier alpha value is -1.28.